The average molecular weight is 290 g/mol. The first-order chi connectivity index (χ1) is 10.2. The summed E-state index contributed by atoms with van der Waals surface area (Å²) in [6.45, 7) is 3.36. The molecule has 0 aliphatic heterocycles. The summed E-state index contributed by atoms with van der Waals surface area (Å²) >= 11 is 0. The molecule has 2 saturated carbocycles. The van der Waals surface area contributed by atoms with Gasteiger partial charge in [-0.2, -0.15) is 0 Å². The molecule has 2 aliphatic carbocycles. The quantitative estimate of drug-likeness (QED) is 0.838. The number of aryl methyl sites for hydroxylation is 1. The van der Waals surface area contributed by atoms with Gasteiger partial charge in [0.15, 0.2) is 0 Å². The van der Waals surface area contributed by atoms with Crippen LogP contribution in [0.3, 0.4) is 0 Å². The van der Waals surface area contributed by atoms with E-state index in [4.69, 9.17) is 0 Å². The molecule has 1 aromatic rings. The molecule has 1 aromatic heterocycles. The van der Waals surface area contributed by atoms with Crippen LogP contribution in [0.5, 0.6) is 0 Å². The van der Waals surface area contributed by atoms with E-state index in [0.717, 1.165) is 12.6 Å². The molecule has 0 radical (unpaired) electrons. The summed E-state index contributed by atoms with van der Waals surface area (Å²) in [5, 5.41) is 3.80. The minimum atomic E-state index is 0.487. The van der Waals surface area contributed by atoms with E-state index in [1.807, 2.05) is 12.4 Å². The van der Waals surface area contributed by atoms with Crippen molar-refractivity contribution in [2.45, 2.75) is 57.5 Å². The smallest absolute Gasteiger partial charge is 0.122 e. The summed E-state index contributed by atoms with van der Waals surface area (Å²) in [4.78, 5) is 6.94. The van der Waals surface area contributed by atoms with Crippen LogP contribution in [-0.4, -0.2) is 40.6 Å². The molecule has 0 bridgehead atoms. The Balaban J connectivity index is 1.58. The Labute approximate surface area is 128 Å². The number of aromatic nitrogens is 2. The van der Waals surface area contributed by atoms with Crippen LogP contribution in [0.15, 0.2) is 12.4 Å². The van der Waals surface area contributed by atoms with E-state index in [1.165, 1.54) is 63.9 Å². The zero-order valence-corrected chi connectivity index (χ0v) is 13.6. The average Bonchev–Trinajstić information content (AvgIpc) is 3.22. The fourth-order valence-corrected chi connectivity index (χ4v) is 3.76. The largest absolute Gasteiger partial charge is 0.337 e. The highest BCUT2D eigenvalue weighted by Gasteiger charge is 2.35. The number of nitrogens with one attached hydrogen (secondary N) is 1. The third-order valence-corrected chi connectivity index (χ3v) is 5.19. The van der Waals surface area contributed by atoms with Crippen molar-refractivity contribution in [3.8, 4) is 0 Å². The topological polar surface area (TPSA) is 33.1 Å². The third kappa shape index (κ3) is 4.07. The number of rotatable bonds is 7. The molecule has 3 rings (SSSR count). The maximum atomic E-state index is 4.46. The van der Waals surface area contributed by atoms with Gasteiger partial charge in [-0.3, -0.25) is 4.90 Å². The normalized spacial score (nSPS) is 21.9. The van der Waals surface area contributed by atoms with E-state index >= 15 is 0 Å². The molecule has 21 heavy (non-hydrogen) atoms. The molecule has 1 heterocycles. The number of hydrogen-bond acceptors (Lipinski definition) is 3. The summed E-state index contributed by atoms with van der Waals surface area (Å²) in [7, 11) is 4.34. The van der Waals surface area contributed by atoms with Crippen LogP contribution in [0.1, 0.15) is 50.8 Å². The van der Waals surface area contributed by atoms with Gasteiger partial charge in [-0.05, 0) is 38.1 Å². The van der Waals surface area contributed by atoms with Gasteiger partial charge in [0.1, 0.15) is 5.82 Å². The first-order valence-electron chi connectivity index (χ1n) is 8.55. The lowest BCUT2D eigenvalue weighted by molar-refractivity contribution is 0.111. The Bertz CT molecular complexity index is 443. The van der Waals surface area contributed by atoms with Crippen LogP contribution in [-0.2, 0) is 13.6 Å². The van der Waals surface area contributed by atoms with Crippen molar-refractivity contribution >= 4 is 0 Å². The van der Waals surface area contributed by atoms with Gasteiger partial charge < -0.3 is 9.88 Å². The molecule has 0 unspecified atom stereocenters. The minimum Gasteiger partial charge on any atom is -0.337 e. The Morgan fingerprint density at radius 2 is 2.10 bits per heavy atom. The van der Waals surface area contributed by atoms with E-state index in [2.05, 4.69) is 33.9 Å². The predicted molar refractivity (Wildman–Crippen MR) is 86.1 cm³/mol. The van der Waals surface area contributed by atoms with E-state index in [0.29, 0.717) is 5.41 Å². The standard InChI is InChI=1S/C17H30N4/c1-20(12-16-18-10-11-21(16)2)14-17(8-4-3-5-9-17)13-19-15-6-7-15/h10-11,15,19H,3-9,12-14H2,1-2H3. The van der Waals surface area contributed by atoms with Gasteiger partial charge in [0, 0.05) is 38.6 Å². The lowest BCUT2D eigenvalue weighted by Gasteiger charge is -2.40. The molecule has 0 saturated heterocycles. The van der Waals surface area contributed by atoms with E-state index < -0.39 is 0 Å². The van der Waals surface area contributed by atoms with Gasteiger partial charge in [0.2, 0.25) is 0 Å². The van der Waals surface area contributed by atoms with Crippen molar-refractivity contribution in [3.05, 3.63) is 18.2 Å². The van der Waals surface area contributed by atoms with Crippen molar-refractivity contribution in [1.29, 1.82) is 0 Å². The lowest BCUT2D eigenvalue weighted by atomic mass is 9.73. The van der Waals surface area contributed by atoms with Crippen LogP contribution in [0.25, 0.3) is 0 Å². The minimum absolute atomic E-state index is 0.487. The van der Waals surface area contributed by atoms with Crippen LogP contribution < -0.4 is 5.32 Å². The van der Waals surface area contributed by atoms with Gasteiger partial charge >= 0.3 is 0 Å². The lowest BCUT2D eigenvalue weighted by Crippen LogP contribution is -2.44. The Morgan fingerprint density at radius 1 is 1.33 bits per heavy atom. The molecule has 4 nitrogen and oxygen atoms in total. The van der Waals surface area contributed by atoms with Gasteiger partial charge in [-0.15, -0.1) is 0 Å². The zero-order valence-electron chi connectivity index (χ0n) is 13.6. The molecule has 118 valence electrons. The Kier molecular flexibility index (Phi) is 4.65. The SMILES string of the molecule is CN(Cc1nccn1C)CC1(CNC2CC2)CCCCC1. The molecule has 0 amide bonds. The second kappa shape index (κ2) is 6.49. The number of nitrogens with zero attached hydrogens (tertiary/aromatic N) is 3. The van der Waals surface area contributed by atoms with Gasteiger partial charge in [0.25, 0.3) is 0 Å². The second-order valence-corrected chi connectivity index (χ2v) is 7.34. The highest BCUT2D eigenvalue weighted by atomic mass is 15.2. The molecule has 1 N–H and O–H groups in total. The van der Waals surface area contributed by atoms with Gasteiger partial charge in [-0.1, -0.05) is 19.3 Å². The summed E-state index contributed by atoms with van der Waals surface area (Å²) < 4.78 is 2.13. The highest BCUT2D eigenvalue weighted by Crippen LogP contribution is 2.37. The predicted octanol–water partition coefficient (Wildman–Crippen LogP) is 2.55. The van der Waals surface area contributed by atoms with Crippen LogP contribution in [0.4, 0.5) is 0 Å². The van der Waals surface area contributed by atoms with Crippen molar-refractivity contribution < 1.29 is 0 Å². The number of hydrogen-bond donors (Lipinski definition) is 1. The fourth-order valence-electron chi connectivity index (χ4n) is 3.76. The van der Waals surface area contributed by atoms with Crippen LogP contribution >= 0.6 is 0 Å². The highest BCUT2D eigenvalue weighted by molar-refractivity contribution is 4.94. The molecular formula is C17H30N4. The first-order valence-corrected chi connectivity index (χ1v) is 8.55. The first kappa shape index (κ1) is 15.0. The maximum absolute atomic E-state index is 4.46. The monoisotopic (exact) mass is 290 g/mol. The molecule has 2 fully saturated rings. The van der Waals surface area contributed by atoms with Crippen molar-refractivity contribution in [3.63, 3.8) is 0 Å². The summed E-state index contributed by atoms with van der Waals surface area (Å²) in [5.41, 5.74) is 0.487. The Morgan fingerprint density at radius 3 is 2.71 bits per heavy atom. The van der Waals surface area contributed by atoms with Crippen molar-refractivity contribution in [2.24, 2.45) is 12.5 Å². The van der Waals surface area contributed by atoms with E-state index in [-0.39, 0.29) is 0 Å². The van der Waals surface area contributed by atoms with E-state index in [1.54, 1.807) is 0 Å². The van der Waals surface area contributed by atoms with Crippen molar-refractivity contribution in [1.82, 2.24) is 19.8 Å². The number of imidazole rings is 1. The molecule has 2 aliphatic rings. The fraction of sp³-hybridized carbons (Fsp3) is 0.824. The Hall–Kier alpha value is -0.870. The molecule has 0 aromatic carbocycles. The van der Waals surface area contributed by atoms with Crippen LogP contribution in [0, 0.1) is 5.41 Å². The molecule has 0 spiro atoms. The maximum Gasteiger partial charge on any atom is 0.122 e. The molecule has 4 heteroatoms. The van der Waals surface area contributed by atoms with Gasteiger partial charge in [-0.25, -0.2) is 4.98 Å². The van der Waals surface area contributed by atoms with Crippen molar-refractivity contribution in [2.75, 3.05) is 20.1 Å². The summed E-state index contributed by atoms with van der Waals surface area (Å²) in [6, 6.07) is 0.823. The molecule has 0 atom stereocenters. The second-order valence-electron chi connectivity index (χ2n) is 7.34. The third-order valence-electron chi connectivity index (χ3n) is 5.19. The van der Waals surface area contributed by atoms with Gasteiger partial charge in [0.05, 0.1) is 6.54 Å². The summed E-state index contributed by atoms with van der Waals surface area (Å²) in [5.74, 6) is 1.17. The zero-order chi connectivity index (χ0) is 14.7. The van der Waals surface area contributed by atoms with Crippen LogP contribution in [0.2, 0.25) is 0 Å². The summed E-state index contributed by atoms with van der Waals surface area (Å²) in [6.07, 6.45) is 13.7. The molecular weight excluding hydrogens is 260 g/mol. The van der Waals surface area contributed by atoms with E-state index in [9.17, 15) is 0 Å².